The second-order valence-corrected chi connectivity index (χ2v) is 9.01. The molecular formula is C27H20F9N2O4-. The Morgan fingerprint density at radius 2 is 1.45 bits per heavy atom. The maximum atomic E-state index is 14.8. The summed E-state index contributed by atoms with van der Waals surface area (Å²) in [5.74, 6) is -4.93. The monoisotopic (exact) mass is 607 g/mol. The van der Waals surface area contributed by atoms with Gasteiger partial charge in [-0.2, -0.15) is 30.7 Å². The van der Waals surface area contributed by atoms with Crippen LogP contribution in [0.4, 0.5) is 44.3 Å². The lowest BCUT2D eigenvalue weighted by Crippen LogP contribution is -2.58. The quantitative estimate of drug-likeness (QED) is 0.299. The van der Waals surface area contributed by atoms with Crippen LogP contribution in [0.2, 0.25) is 0 Å². The van der Waals surface area contributed by atoms with Crippen LogP contribution in [0.1, 0.15) is 23.1 Å². The predicted octanol–water partition coefficient (Wildman–Crippen LogP) is 5.06. The van der Waals surface area contributed by atoms with Gasteiger partial charge in [-0.25, -0.2) is 8.78 Å². The van der Waals surface area contributed by atoms with E-state index in [-0.39, 0.29) is 5.56 Å². The summed E-state index contributed by atoms with van der Waals surface area (Å²) in [5.41, 5.74) is -2.58. The van der Waals surface area contributed by atoms with Crippen molar-refractivity contribution >= 4 is 12.0 Å². The molecule has 0 heterocycles. The molecule has 0 aliphatic heterocycles. The summed E-state index contributed by atoms with van der Waals surface area (Å²) in [4.78, 5) is 24.4. The van der Waals surface area contributed by atoms with Gasteiger partial charge in [-0.1, -0.05) is 42.5 Å². The van der Waals surface area contributed by atoms with Gasteiger partial charge < -0.3 is 25.3 Å². The molecule has 2 amide bonds. The van der Waals surface area contributed by atoms with Gasteiger partial charge in [-0.05, 0) is 41.0 Å². The van der Waals surface area contributed by atoms with Crippen molar-refractivity contribution in [3.8, 4) is 5.75 Å². The molecule has 3 aromatic rings. The zero-order valence-corrected chi connectivity index (χ0v) is 21.0. The minimum Gasteiger partial charge on any atom is -0.530 e. The van der Waals surface area contributed by atoms with Crippen LogP contribution in [0.15, 0.2) is 72.8 Å². The molecule has 6 nitrogen and oxygen atoms in total. The molecule has 3 rings (SSSR count). The highest BCUT2D eigenvalue weighted by molar-refractivity contribution is 5.86. The molecule has 0 bridgehead atoms. The van der Waals surface area contributed by atoms with Gasteiger partial charge in [0.2, 0.25) is 5.91 Å². The van der Waals surface area contributed by atoms with Crippen molar-refractivity contribution in [2.24, 2.45) is 0 Å². The summed E-state index contributed by atoms with van der Waals surface area (Å²) in [6, 6.07) is 10.5. The Bertz CT molecular complexity index is 1390. The van der Waals surface area contributed by atoms with Gasteiger partial charge in [0.25, 0.3) is 0 Å². The largest absolute Gasteiger partial charge is 0.530 e. The predicted molar refractivity (Wildman–Crippen MR) is 126 cm³/mol. The van der Waals surface area contributed by atoms with E-state index in [1.807, 2.05) is 0 Å². The summed E-state index contributed by atoms with van der Waals surface area (Å²) < 4.78 is 125. The highest BCUT2D eigenvalue weighted by atomic mass is 19.4. The number of nitrogens with one attached hydrogen (secondary N) is 2. The third-order valence-corrected chi connectivity index (χ3v) is 5.90. The molecule has 0 saturated heterocycles. The van der Waals surface area contributed by atoms with Gasteiger partial charge in [0, 0.05) is 12.5 Å². The van der Waals surface area contributed by atoms with Crippen molar-refractivity contribution in [3.63, 3.8) is 0 Å². The molecule has 2 N–H and O–H groups in total. The maximum absolute atomic E-state index is 14.8. The van der Waals surface area contributed by atoms with Gasteiger partial charge in [0.05, 0.1) is 12.0 Å². The van der Waals surface area contributed by atoms with Crippen molar-refractivity contribution in [2.45, 2.75) is 43.1 Å². The molecule has 15 heteroatoms. The Hall–Kier alpha value is -4.43. The van der Waals surface area contributed by atoms with Crippen molar-refractivity contribution in [3.05, 3.63) is 101 Å². The number of alkyl halides is 7. The molecule has 42 heavy (non-hydrogen) atoms. The molecule has 0 aliphatic carbocycles. The lowest BCUT2D eigenvalue weighted by Gasteiger charge is -2.38. The second kappa shape index (κ2) is 12.6. The Morgan fingerprint density at radius 3 is 2.00 bits per heavy atom. The molecule has 0 spiro atoms. The first-order chi connectivity index (χ1) is 19.5. The summed E-state index contributed by atoms with van der Waals surface area (Å²) in [7, 11) is 0. The Balaban J connectivity index is 2.29. The van der Waals surface area contributed by atoms with Crippen molar-refractivity contribution in [2.75, 3.05) is 0 Å². The lowest BCUT2D eigenvalue weighted by molar-refractivity contribution is -0.253. The van der Waals surface area contributed by atoms with Gasteiger partial charge >= 0.3 is 18.7 Å². The van der Waals surface area contributed by atoms with Crippen LogP contribution in [-0.2, 0) is 16.8 Å². The van der Waals surface area contributed by atoms with E-state index in [2.05, 4.69) is 10.1 Å². The summed E-state index contributed by atoms with van der Waals surface area (Å²) in [6.07, 6.45) is -19.2. The third-order valence-electron chi connectivity index (χ3n) is 5.90. The number of carbonyl (C=O) groups is 2. The molecule has 0 aromatic heterocycles. The smallest absolute Gasteiger partial charge is 0.461 e. The van der Waals surface area contributed by atoms with Crippen LogP contribution in [0.25, 0.3) is 0 Å². The molecule has 0 aliphatic rings. The fourth-order valence-electron chi connectivity index (χ4n) is 4.15. The first-order valence-corrected chi connectivity index (χ1v) is 11.8. The Kier molecular flexibility index (Phi) is 9.64. The lowest BCUT2D eigenvalue weighted by atomic mass is 9.77. The van der Waals surface area contributed by atoms with E-state index < -0.39 is 78.1 Å². The van der Waals surface area contributed by atoms with E-state index in [0.29, 0.717) is 23.8 Å². The molecule has 0 saturated carbocycles. The van der Waals surface area contributed by atoms with Crippen LogP contribution in [0, 0.1) is 11.6 Å². The summed E-state index contributed by atoms with van der Waals surface area (Å²) in [5, 5.41) is 14.7. The first kappa shape index (κ1) is 32.1. The fourth-order valence-corrected chi connectivity index (χ4v) is 4.15. The van der Waals surface area contributed by atoms with Crippen molar-refractivity contribution in [1.29, 1.82) is 0 Å². The van der Waals surface area contributed by atoms with Gasteiger partial charge in [-0.3, -0.25) is 4.79 Å². The first-order valence-electron chi connectivity index (χ1n) is 11.8. The molecule has 3 aromatic carbocycles. The third kappa shape index (κ3) is 8.30. The number of hydrogen-bond acceptors (Lipinski definition) is 4. The van der Waals surface area contributed by atoms with Crippen LogP contribution in [0.5, 0.6) is 5.75 Å². The molecule has 0 unspecified atom stereocenters. The highest BCUT2D eigenvalue weighted by Crippen LogP contribution is 2.38. The van der Waals surface area contributed by atoms with Crippen molar-refractivity contribution < 1.29 is 58.9 Å². The highest BCUT2D eigenvalue weighted by Gasteiger charge is 2.45. The number of hydrogen-bond donors (Lipinski definition) is 2. The average molecular weight is 607 g/mol. The second-order valence-electron chi connectivity index (χ2n) is 9.01. The normalized spacial score (nSPS) is 14.1. The maximum Gasteiger partial charge on any atom is 0.461 e. The minimum atomic E-state index is -5.09. The molecule has 2 atom stereocenters. The SMILES string of the molecule is O=C([O-])N[C@@H](CC(F)(F)F)C(=O)N[C@](Cc1ccccc1)(c1ccc(F)cc1)c1cc(F)cc(OC(F)(F)C(F)F)c1. The summed E-state index contributed by atoms with van der Waals surface area (Å²) in [6.45, 7) is 0. The molecule has 226 valence electrons. The minimum absolute atomic E-state index is 0.141. The number of carboxylic acid groups (broad SMARTS) is 1. The Morgan fingerprint density at radius 1 is 0.833 bits per heavy atom. The van der Waals surface area contributed by atoms with E-state index in [9.17, 15) is 54.2 Å². The molecule has 0 radical (unpaired) electrons. The molecular weight excluding hydrogens is 587 g/mol. The average Bonchev–Trinajstić information content (AvgIpc) is 2.87. The Labute approximate surface area is 232 Å². The van der Waals surface area contributed by atoms with E-state index in [0.717, 1.165) is 24.3 Å². The number of halogens is 9. The van der Waals surface area contributed by atoms with Gasteiger partial charge in [0.1, 0.15) is 29.5 Å². The number of amides is 2. The van der Waals surface area contributed by atoms with E-state index in [1.165, 1.54) is 29.6 Å². The number of rotatable bonds is 11. The fraction of sp³-hybridized carbons (Fsp3) is 0.259. The number of benzene rings is 3. The standard InChI is InChI=1S/C27H21F9N2O4/c28-18-8-6-16(7-9-18)25(13-15-4-2-1-3-5-15,38-22(39)21(37-24(40)41)14-26(32,33)34)17-10-19(29)12-20(11-17)42-27(35,36)23(30)31/h1-12,21,23,37H,13-14H2,(H,38,39)(H,40,41)/p-1/t21-,25+/m0/s1. The van der Waals surface area contributed by atoms with Gasteiger partial charge in [0.15, 0.2) is 0 Å². The van der Waals surface area contributed by atoms with E-state index in [4.69, 9.17) is 0 Å². The van der Waals surface area contributed by atoms with E-state index in [1.54, 1.807) is 6.07 Å². The number of carbonyl (C=O) groups excluding carboxylic acids is 2. The zero-order chi connectivity index (χ0) is 31.3. The van der Waals surface area contributed by atoms with Crippen LogP contribution in [-0.4, -0.2) is 36.8 Å². The topological polar surface area (TPSA) is 90.5 Å². The van der Waals surface area contributed by atoms with E-state index >= 15 is 0 Å². The van der Waals surface area contributed by atoms with Crippen LogP contribution in [0.3, 0.4) is 0 Å². The van der Waals surface area contributed by atoms with Crippen molar-refractivity contribution in [1.82, 2.24) is 10.6 Å². The van der Waals surface area contributed by atoms with Gasteiger partial charge in [-0.15, -0.1) is 0 Å². The summed E-state index contributed by atoms with van der Waals surface area (Å²) >= 11 is 0. The van der Waals surface area contributed by atoms with Crippen LogP contribution >= 0.6 is 0 Å². The van der Waals surface area contributed by atoms with Crippen LogP contribution < -0.4 is 20.5 Å². The zero-order valence-electron chi connectivity index (χ0n) is 21.0. The number of ether oxygens (including phenoxy) is 1. The molecule has 0 fully saturated rings.